The molecule has 0 aromatic heterocycles. The minimum Gasteiger partial charge on any atom is -0.493 e. The molecular weight excluding hydrogens is 366 g/mol. The van der Waals surface area contributed by atoms with Crippen molar-refractivity contribution in [3.05, 3.63) is 35.9 Å². The van der Waals surface area contributed by atoms with Crippen LogP contribution in [0.25, 0.3) is 0 Å². The number of ether oxygens (including phenoxy) is 3. The van der Waals surface area contributed by atoms with Crippen molar-refractivity contribution >= 4 is 5.78 Å². The highest BCUT2D eigenvalue weighted by Gasteiger charge is 2.78. The molecule has 2 fully saturated rings. The third kappa shape index (κ3) is 2.05. The number of hydrogen-bond acceptors (Lipinski definition) is 5. The molecule has 1 spiro atoms. The Hall–Kier alpha value is -1.85. The van der Waals surface area contributed by atoms with Gasteiger partial charge in [0, 0.05) is 37.7 Å². The summed E-state index contributed by atoms with van der Waals surface area (Å²) in [7, 11) is 1.67. The number of ketones is 1. The van der Waals surface area contributed by atoms with Gasteiger partial charge in [0.1, 0.15) is 0 Å². The van der Waals surface area contributed by atoms with Crippen LogP contribution in [0.2, 0.25) is 0 Å². The Balaban J connectivity index is 1.82. The van der Waals surface area contributed by atoms with Crippen molar-refractivity contribution in [2.45, 2.75) is 68.6 Å². The van der Waals surface area contributed by atoms with Gasteiger partial charge in [0.2, 0.25) is 0 Å². The van der Waals surface area contributed by atoms with Gasteiger partial charge in [0.15, 0.2) is 22.9 Å². The summed E-state index contributed by atoms with van der Waals surface area (Å²) in [6, 6.07) is 4.37. The van der Waals surface area contributed by atoms with Crippen LogP contribution in [0.15, 0.2) is 24.8 Å². The van der Waals surface area contributed by atoms with Crippen LogP contribution in [0.3, 0.4) is 0 Å². The van der Waals surface area contributed by atoms with E-state index in [0.29, 0.717) is 13.0 Å². The van der Waals surface area contributed by atoms with Gasteiger partial charge in [-0.25, -0.2) is 0 Å². The molecule has 4 atom stereocenters. The predicted octanol–water partition coefficient (Wildman–Crippen LogP) is 3.43. The number of rotatable bonds is 6. The Morgan fingerprint density at radius 1 is 1.38 bits per heavy atom. The fourth-order valence-electron chi connectivity index (χ4n) is 6.95. The number of piperidine rings is 1. The lowest BCUT2D eigenvalue weighted by atomic mass is 9.45. The topological polar surface area (TPSA) is 48.0 Å². The van der Waals surface area contributed by atoms with E-state index in [4.69, 9.17) is 14.2 Å². The van der Waals surface area contributed by atoms with E-state index in [1.807, 2.05) is 19.1 Å². The van der Waals surface area contributed by atoms with Gasteiger partial charge in [-0.15, -0.1) is 6.58 Å². The summed E-state index contributed by atoms with van der Waals surface area (Å²) in [6.45, 7) is 10.6. The highest BCUT2D eigenvalue weighted by Crippen LogP contribution is 2.69. The van der Waals surface area contributed by atoms with Crippen LogP contribution in [0.1, 0.15) is 50.7 Å². The molecule has 4 aliphatic rings. The third-order valence-corrected chi connectivity index (χ3v) is 8.05. The SMILES string of the molecule is C=CCN1CC[C@]23c4c5ccc(OC)c4O[C@@]2(C)C(=O)CC[C@@]3(OCCC)[C@H]1C5. The third-order valence-electron chi connectivity index (χ3n) is 8.05. The fraction of sp³-hybridized carbons (Fsp3) is 0.625. The largest absolute Gasteiger partial charge is 0.493 e. The summed E-state index contributed by atoms with van der Waals surface area (Å²) in [4.78, 5) is 15.9. The van der Waals surface area contributed by atoms with Crippen LogP contribution in [-0.2, 0) is 21.4 Å². The number of nitrogens with zero attached hydrogens (tertiary/aromatic N) is 1. The molecule has 5 rings (SSSR count). The molecule has 2 heterocycles. The summed E-state index contributed by atoms with van der Waals surface area (Å²) in [5.74, 6) is 1.68. The smallest absolute Gasteiger partial charge is 0.177 e. The van der Waals surface area contributed by atoms with E-state index in [1.165, 1.54) is 11.1 Å². The van der Waals surface area contributed by atoms with Crippen molar-refractivity contribution in [1.82, 2.24) is 4.90 Å². The van der Waals surface area contributed by atoms with E-state index in [2.05, 4.69) is 24.5 Å². The van der Waals surface area contributed by atoms with Crippen LogP contribution in [0.4, 0.5) is 0 Å². The van der Waals surface area contributed by atoms with E-state index < -0.39 is 16.6 Å². The molecule has 0 amide bonds. The first-order chi connectivity index (χ1) is 14.0. The highest BCUT2D eigenvalue weighted by molar-refractivity contribution is 5.94. The Morgan fingerprint density at radius 3 is 2.93 bits per heavy atom. The van der Waals surface area contributed by atoms with Crippen LogP contribution in [-0.4, -0.2) is 54.7 Å². The molecule has 2 aliphatic heterocycles. The minimum atomic E-state index is -0.913. The average Bonchev–Trinajstić information content (AvgIpc) is 3.00. The lowest BCUT2D eigenvalue weighted by Gasteiger charge is -2.66. The second-order valence-corrected chi connectivity index (χ2v) is 9.09. The Kier molecular flexibility index (Phi) is 4.17. The number of carbonyl (C=O) groups excluding carboxylic acids is 1. The second kappa shape index (κ2) is 6.32. The summed E-state index contributed by atoms with van der Waals surface area (Å²) in [5.41, 5.74) is 0.637. The van der Waals surface area contributed by atoms with Gasteiger partial charge in [0.05, 0.1) is 18.1 Å². The molecule has 1 saturated carbocycles. The van der Waals surface area contributed by atoms with E-state index in [0.717, 1.165) is 50.3 Å². The Morgan fingerprint density at radius 2 is 2.21 bits per heavy atom. The minimum absolute atomic E-state index is 0.190. The van der Waals surface area contributed by atoms with Crippen molar-refractivity contribution in [2.24, 2.45) is 0 Å². The first-order valence-corrected chi connectivity index (χ1v) is 10.9. The molecule has 0 unspecified atom stereocenters. The summed E-state index contributed by atoms with van der Waals surface area (Å²) >= 11 is 0. The quantitative estimate of drug-likeness (QED) is 0.689. The van der Waals surface area contributed by atoms with E-state index in [1.54, 1.807) is 7.11 Å². The van der Waals surface area contributed by atoms with Crippen LogP contribution < -0.4 is 9.47 Å². The molecule has 29 heavy (non-hydrogen) atoms. The van der Waals surface area contributed by atoms with Crippen LogP contribution in [0.5, 0.6) is 11.5 Å². The fourth-order valence-corrected chi connectivity index (χ4v) is 6.95. The zero-order chi connectivity index (χ0) is 20.4. The van der Waals surface area contributed by atoms with Crippen LogP contribution >= 0.6 is 0 Å². The number of Topliss-reactive ketones (excluding diaryl/α,β-unsaturated/α-hetero) is 1. The number of carbonyl (C=O) groups is 1. The maximum atomic E-state index is 13.4. The van der Waals surface area contributed by atoms with Crippen molar-refractivity contribution in [3.63, 3.8) is 0 Å². The number of benzene rings is 1. The summed E-state index contributed by atoms with van der Waals surface area (Å²) in [5, 5.41) is 0. The average molecular weight is 398 g/mol. The number of likely N-dealkylation sites (tertiary alicyclic amines) is 1. The van der Waals surface area contributed by atoms with Gasteiger partial charge in [-0.2, -0.15) is 0 Å². The second-order valence-electron chi connectivity index (χ2n) is 9.09. The van der Waals surface area contributed by atoms with Gasteiger partial charge in [-0.3, -0.25) is 9.69 Å². The number of hydrogen-bond donors (Lipinski definition) is 0. The first kappa shape index (κ1) is 19.1. The zero-order valence-electron chi connectivity index (χ0n) is 17.8. The standard InChI is InChI=1S/C24H31NO4/c1-5-12-25-13-11-23-20-16-7-8-17(27-4)21(20)29-22(23,3)19(26)9-10-24(23,18(25)15-16)28-14-6-2/h5,7-8,18H,1,6,9-15H2,2-4H3/t18-,22+,23+,24-/m1/s1. The van der Waals surface area contributed by atoms with Crippen molar-refractivity contribution < 1.29 is 19.0 Å². The van der Waals surface area contributed by atoms with Gasteiger partial charge in [-0.05, 0) is 44.2 Å². The van der Waals surface area contributed by atoms with Gasteiger partial charge in [-0.1, -0.05) is 19.1 Å². The molecule has 2 bridgehead atoms. The molecule has 1 aromatic carbocycles. The predicted molar refractivity (Wildman–Crippen MR) is 111 cm³/mol. The zero-order valence-corrected chi connectivity index (χ0v) is 17.8. The maximum absolute atomic E-state index is 13.4. The van der Waals surface area contributed by atoms with Gasteiger partial charge in [0.25, 0.3) is 0 Å². The molecule has 1 saturated heterocycles. The molecule has 1 aromatic rings. The molecule has 0 N–H and O–H groups in total. The molecule has 2 aliphatic carbocycles. The van der Waals surface area contributed by atoms with Crippen molar-refractivity contribution in [3.8, 4) is 11.5 Å². The molecule has 156 valence electrons. The van der Waals surface area contributed by atoms with E-state index in [-0.39, 0.29) is 11.8 Å². The molecule has 0 radical (unpaired) electrons. The van der Waals surface area contributed by atoms with E-state index in [9.17, 15) is 4.79 Å². The van der Waals surface area contributed by atoms with Crippen molar-refractivity contribution in [1.29, 1.82) is 0 Å². The van der Waals surface area contributed by atoms with E-state index >= 15 is 0 Å². The highest BCUT2D eigenvalue weighted by atomic mass is 16.5. The van der Waals surface area contributed by atoms with Gasteiger partial charge >= 0.3 is 0 Å². The van der Waals surface area contributed by atoms with Crippen molar-refractivity contribution in [2.75, 3.05) is 26.8 Å². The molecule has 5 heteroatoms. The Labute approximate surface area is 173 Å². The molecular formula is C24H31NO4. The Bertz CT molecular complexity index is 882. The monoisotopic (exact) mass is 397 g/mol. The normalized spacial score (nSPS) is 37.1. The summed E-state index contributed by atoms with van der Waals surface area (Å²) in [6.07, 6.45) is 5.93. The first-order valence-electron chi connectivity index (χ1n) is 10.9. The lowest BCUT2D eigenvalue weighted by Crippen LogP contribution is -2.80. The van der Waals surface area contributed by atoms with Crippen LogP contribution in [0, 0.1) is 0 Å². The maximum Gasteiger partial charge on any atom is 0.177 e. The van der Waals surface area contributed by atoms with Gasteiger partial charge < -0.3 is 14.2 Å². The number of methoxy groups -OCH3 is 1. The summed E-state index contributed by atoms with van der Waals surface area (Å²) < 4.78 is 19.1. The molecule has 5 nitrogen and oxygen atoms in total. The lowest BCUT2D eigenvalue weighted by molar-refractivity contribution is -0.229.